The number of fused-ring (bicyclic) bond motifs is 1. The molecule has 0 fully saturated rings. The van der Waals surface area contributed by atoms with Gasteiger partial charge in [-0.25, -0.2) is 12.8 Å². The molecule has 1 atom stereocenters. The van der Waals surface area contributed by atoms with Crippen LogP contribution in [0.2, 0.25) is 0 Å². The lowest BCUT2D eigenvalue weighted by molar-refractivity contribution is -0.144. The highest BCUT2D eigenvalue weighted by Crippen LogP contribution is 2.31. The Labute approximate surface area is 146 Å². The Morgan fingerprint density at radius 1 is 1.20 bits per heavy atom. The molecule has 2 rings (SSSR count). The largest absolute Gasteiger partial charge is 0.480 e. The normalized spacial score (nSPS) is 14.2. The highest BCUT2D eigenvalue weighted by atomic mass is 32.2. The molecule has 0 aliphatic heterocycles. The minimum absolute atomic E-state index is 0.0822. The van der Waals surface area contributed by atoms with E-state index in [1.54, 1.807) is 24.3 Å². The molecule has 0 aliphatic carbocycles. The van der Waals surface area contributed by atoms with Crippen LogP contribution in [-0.4, -0.2) is 45.8 Å². The molecular weight excluding hydrogens is 347 g/mol. The number of aliphatic carboxylic acids is 1. The van der Waals surface area contributed by atoms with Crippen molar-refractivity contribution in [2.24, 2.45) is 0 Å². The van der Waals surface area contributed by atoms with Crippen molar-refractivity contribution in [2.45, 2.75) is 23.8 Å². The smallest absolute Gasteiger partial charge is 0.327 e. The van der Waals surface area contributed by atoms with Crippen LogP contribution in [0.1, 0.15) is 13.3 Å². The quantitative estimate of drug-likeness (QED) is 0.784. The molecule has 2 N–H and O–H groups in total. The molecule has 25 heavy (non-hydrogen) atoms. The van der Waals surface area contributed by atoms with Gasteiger partial charge in [0.25, 0.3) is 0 Å². The fraction of sp³-hybridized carbons (Fsp3) is 0.353. The monoisotopic (exact) mass is 368 g/mol. The van der Waals surface area contributed by atoms with Crippen molar-refractivity contribution in [3.8, 4) is 0 Å². The summed E-state index contributed by atoms with van der Waals surface area (Å²) in [5.41, 5.74) is -1.36. The number of hydrogen-bond donors (Lipinski definition) is 2. The van der Waals surface area contributed by atoms with Crippen molar-refractivity contribution in [1.29, 1.82) is 0 Å². The van der Waals surface area contributed by atoms with Crippen LogP contribution in [0.15, 0.2) is 41.3 Å². The van der Waals surface area contributed by atoms with E-state index in [9.17, 15) is 22.7 Å². The van der Waals surface area contributed by atoms with E-state index in [1.807, 2.05) is 29.8 Å². The van der Waals surface area contributed by atoms with E-state index in [4.69, 9.17) is 0 Å². The lowest BCUT2D eigenvalue weighted by Crippen LogP contribution is -2.55. The van der Waals surface area contributed by atoms with Gasteiger partial charge in [0.05, 0.1) is 4.90 Å². The number of benzene rings is 2. The summed E-state index contributed by atoms with van der Waals surface area (Å²) in [5.74, 6) is -1.55. The number of alkyl halides is 1. The second-order valence-corrected chi connectivity index (χ2v) is 7.65. The van der Waals surface area contributed by atoms with Crippen molar-refractivity contribution in [3.05, 3.63) is 36.4 Å². The molecule has 1 unspecified atom stereocenters. The fourth-order valence-corrected chi connectivity index (χ4v) is 4.28. The summed E-state index contributed by atoms with van der Waals surface area (Å²) in [5, 5.41) is 10.4. The van der Waals surface area contributed by atoms with Crippen LogP contribution >= 0.6 is 0 Å². The van der Waals surface area contributed by atoms with Gasteiger partial charge in [-0.3, -0.25) is 4.79 Å². The van der Waals surface area contributed by atoms with E-state index in [1.165, 1.54) is 13.0 Å². The summed E-state index contributed by atoms with van der Waals surface area (Å²) in [6, 6.07) is 9.94. The van der Waals surface area contributed by atoms with Gasteiger partial charge in [-0.2, -0.15) is 4.72 Å². The molecule has 8 heteroatoms. The number of nitrogens with zero attached hydrogens (tertiary/aromatic N) is 1. The van der Waals surface area contributed by atoms with E-state index in [-0.39, 0.29) is 11.3 Å². The third-order valence-electron chi connectivity index (χ3n) is 4.20. The topological polar surface area (TPSA) is 86.7 Å². The van der Waals surface area contributed by atoms with Gasteiger partial charge < -0.3 is 10.0 Å². The summed E-state index contributed by atoms with van der Waals surface area (Å²) < 4.78 is 41.0. The lowest BCUT2D eigenvalue weighted by Gasteiger charge is -2.26. The number of hydrogen-bond acceptors (Lipinski definition) is 4. The van der Waals surface area contributed by atoms with Gasteiger partial charge >= 0.3 is 5.97 Å². The maximum Gasteiger partial charge on any atom is 0.327 e. The van der Waals surface area contributed by atoms with Crippen LogP contribution in [0.4, 0.5) is 10.1 Å². The first-order valence-corrected chi connectivity index (χ1v) is 9.19. The number of sulfonamides is 1. The molecule has 0 amide bonds. The van der Waals surface area contributed by atoms with Gasteiger partial charge in [0.15, 0.2) is 5.54 Å². The summed E-state index contributed by atoms with van der Waals surface area (Å²) in [6.45, 7) is 0.0786. The van der Waals surface area contributed by atoms with Crippen LogP contribution in [0, 0.1) is 0 Å². The van der Waals surface area contributed by atoms with E-state index in [0.29, 0.717) is 10.8 Å². The van der Waals surface area contributed by atoms with Gasteiger partial charge in [-0.15, -0.1) is 0 Å². The number of anilines is 1. The van der Waals surface area contributed by atoms with Gasteiger partial charge in [0, 0.05) is 30.6 Å². The Hall–Kier alpha value is -2.19. The maximum absolute atomic E-state index is 13.4. The van der Waals surface area contributed by atoms with Gasteiger partial charge in [-0.1, -0.05) is 31.2 Å². The van der Waals surface area contributed by atoms with Gasteiger partial charge in [0.1, 0.15) is 6.67 Å². The number of carbonyl (C=O) groups is 1. The van der Waals surface area contributed by atoms with Crippen molar-refractivity contribution in [1.82, 2.24) is 4.72 Å². The molecule has 2 aromatic rings. The predicted octanol–water partition coefficient (Wildman–Crippen LogP) is 2.39. The highest BCUT2D eigenvalue weighted by Gasteiger charge is 2.41. The fourth-order valence-electron chi connectivity index (χ4n) is 2.65. The number of halogens is 1. The Morgan fingerprint density at radius 2 is 1.80 bits per heavy atom. The second-order valence-electron chi connectivity index (χ2n) is 6.00. The minimum Gasteiger partial charge on any atom is -0.480 e. The highest BCUT2D eigenvalue weighted by molar-refractivity contribution is 7.89. The first kappa shape index (κ1) is 19.1. The molecule has 136 valence electrons. The molecule has 0 saturated carbocycles. The average Bonchev–Trinajstić information content (AvgIpc) is 2.58. The molecule has 0 bridgehead atoms. The molecule has 0 aromatic heterocycles. The third-order valence-corrected chi connectivity index (χ3v) is 5.80. The summed E-state index contributed by atoms with van der Waals surface area (Å²) in [4.78, 5) is 13.2. The molecule has 0 heterocycles. The zero-order chi connectivity index (χ0) is 18.8. The van der Waals surface area contributed by atoms with E-state index in [2.05, 4.69) is 0 Å². The Kier molecular flexibility index (Phi) is 5.34. The zero-order valence-electron chi connectivity index (χ0n) is 14.3. The van der Waals surface area contributed by atoms with Crippen LogP contribution in [0.5, 0.6) is 0 Å². The van der Waals surface area contributed by atoms with Crippen molar-refractivity contribution < 1.29 is 22.7 Å². The van der Waals surface area contributed by atoms with E-state index >= 15 is 0 Å². The molecule has 0 aliphatic rings. The van der Waals surface area contributed by atoms with Gasteiger partial charge in [0.2, 0.25) is 10.0 Å². The minimum atomic E-state index is -4.25. The third kappa shape index (κ3) is 3.45. The number of nitrogens with one attached hydrogen (secondary N) is 1. The van der Waals surface area contributed by atoms with Crippen LogP contribution in [0.25, 0.3) is 10.8 Å². The molecule has 0 saturated heterocycles. The van der Waals surface area contributed by atoms with Gasteiger partial charge in [-0.05, 0) is 18.6 Å². The molecule has 2 aromatic carbocycles. The maximum atomic E-state index is 13.4. The Balaban J connectivity index is 2.65. The predicted molar refractivity (Wildman–Crippen MR) is 95.2 cm³/mol. The Bertz CT molecular complexity index is 893. The SMILES string of the molecule is CCC(CF)(NS(=O)(=O)c1cccc2c(N(C)C)cccc12)C(=O)O. The number of carboxylic acid groups (broad SMARTS) is 1. The van der Waals surface area contributed by atoms with Crippen LogP contribution < -0.4 is 9.62 Å². The van der Waals surface area contributed by atoms with Crippen LogP contribution in [0.3, 0.4) is 0 Å². The molecule has 0 spiro atoms. The lowest BCUT2D eigenvalue weighted by atomic mass is 10.0. The van der Waals surface area contributed by atoms with Crippen molar-refractivity contribution >= 4 is 32.5 Å². The van der Waals surface area contributed by atoms with E-state index < -0.39 is 28.2 Å². The Morgan fingerprint density at radius 3 is 2.32 bits per heavy atom. The van der Waals surface area contributed by atoms with Crippen molar-refractivity contribution in [3.63, 3.8) is 0 Å². The molecular formula is C17H21FN2O4S. The summed E-state index contributed by atoms with van der Waals surface area (Å²) in [6.07, 6.45) is -0.216. The second kappa shape index (κ2) is 6.97. The number of carboxylic acids is 1. The first-order chi connectivity index (χ1) is 11.7. The first-order valence-electron chi connectivity index (χ1n) is 7.71. The van der Waals surface area contributed by atoms with Crippen LogP contribution in [-0.2, 0) is 14.8 Å². The van der Waals surface area contributed by atoms with E-state index in [0.717, 1.165) is 5.69 Å². The average molecular weight is 368 g/mol. The summed E-state index contributed by atoms with van der Waals surface area (Å²) in [7, 11) is -0.571. The number of rotatable bonds is 7. The van der Waals surface area contributed by atoms with Crippen molar-refractivity contribution in [2.75, 3.05) is 25.7 Å². The zero-order valence-corrected chi connectivity index (χ0v) is 15.1. The molecule has 0 radical (unpaired) electrons. The summed E-state index contributed by atoms with van der Waals surface area (Å²) >= 11 is 0. The standard InChI is InChI=1S/C17H21FN2O4S/c1-4-17(11-18,16(21)22)19-25(23,24)15-10-6-7-12-13(15)8-5-9-14(12)20(2)3/h5-10,19H,4,11H2,1-3H3,(H,21,22). The molecule has 6 nitrogen and oxygen atoms in total.